The molecule has 2 rings (SSSR count). The first-order valence-corrected chi connectivity index (χ1v) is 8.15. The maximum atomic E-state index is 10.5. The Labute approximate surface area is 117 Å². The number of aryl methyl sites for hydroxylation is 1. The quantitative estimate of drug-likeness (QED) is 0.874. The summed E-state index contributed by atoms with van der Waals surface area (Å²) >= 11 is 3.78. The fourth-order valence-corrected chi connectivity index (χ4v) is 5.01. The molecule has 1 fully saturated rings. The number of thioether (sulfide) groups is 2. The van der Waals surface area contributed by atoms with Gasteiger partial charge in [-0.15, -0.1) is 0 Å². The minimum atomic E-state index is -0.523. The minimum Gasteiger partial charge on any atom is -0.387 e. The molecule has 0 amide bonds. The molecule has 0 aliphatic carbocycles. The fourth-order valence-electron chi connectivity index (χ4n) is 2.01. The Balaban J connectivity index is 2.16. The molecule has 0 spiro atoms. The Morgan fingerprint density at radius 1 is 1.44 bits per heavy atom. The number of nitrogens with zero attached hydrogens (tertiary/aromatic N) is 1. The van der Waals surface area contributed by atoms with Gasteiger partial charge in [0.2, 0.25) is 0 Å². The first kappa shape index (κ1) is 14.0. The van der Waals surface area contributed by atoms with Crippen LogP contribution in [0.3, 0.4) is 0 Å². The van der Waals surface area contributed by atoms with Gasteiger partial charge in [0.1, 0.15) is 5.82 Å². The van der Waals surface area contributed by atoms with Crippen LogP contribution in [0, 0.1) is 6.92 Å². The second-order valence-electron chi connectivity index (χ2n) is 4.85. The predicted octanol–water partition coefficient (Wildman–Crippen LogP) is 2.63. The summed E-state index contributed by atoms with van der Waals surface area (Å²) < 4.78 is 0. The van der Waals surface area contributed by atoms with Crippen molar-refractivity contribution in [3.8, 4) is 0 Å². The Kier molecular flexibility index (Phi) is 4.45. The zero-order valence-corrected chi connectivity index (χ0v) is 12.6. The molecule has 0 aromatic carbocycles. The molecule has 1 aliphatic heterocycles. The number of hydrogen-bond donors (Lipinski definition) is 2. The van der Waals surface area contributed by atoms with Crippen LogP contribution in [0.15, 0.2) is 12.3 Å². The zero-order valence-electron chi connectivity index (χ0n) is 11.0. The number of nitrogen functional groups attached to an aromatic ring is 1. The molecule has 18 heavy (non-hydrogen) atoms. The summed E-state index contributed by atoms with van der Waals surface area (Å²) in [6.07, 6.45) is 1.21. The third-order valence-corrected chi connectivity index (χ3v) is 6.81. The van der Waals surface area contributed by atoms with Crippen molar-refractivity contribution in [2.45, 2.75) is 42.6 Å². The van der Waals surface area contributed by atoms with Gasteiger partial charge in [-0.1, -0.05) is 13.8 Å². The number of aliphatic hydroxyl groups is 1. The van der Waals surface area contributed by atoms with E-state index in [2.05, 4.69) is 18.8 Å². The van der Waals surface area contributed by atoms with Crippen molar-refractivity contribution in [1.82, 2.24) is 4.98 Å². The first-order valence-electron chi connectivity index (χ1n) is 6.16. The van der Waals surface area contributed by atoms with Gasteiger partial charge in [-0.3, -0.25) is 0 Å². The SMILES string of the molecule is Cc1cnc(N)c(C(O)C2CSC(C)C(C)S2)c1. The summed E-state index contributed by atoms with van der Waals surface area (Å²) in [7, 11) is 0. The molecule has 1 aliphatic rings. The lowest BCUT2D eigenvalue weighted by molar-refractivity contribution is 0.180. The van der Waals surface area contributed by atoms with Crippen LogP contribution in [0.2, 0.25) is 0 Å². The highest BCUT2D eigenvalue weighted by molar-refractivity contribution is 8.07. The molecule has 1 aromatic rings. The van der Waals surface area contributed by atoms with Crippen LogP contribution in [-0.4, -0.2) is 31.6 Å². The molecule has 4 atom stereocenters. The van der Waals surface area contributed by atoms with E-state index in [1.54, 1.807) is 6.20 Å². The van der Waals surface area contributed by atoms with E-state index in [1.807, 2.05) is 36.5 Å². The van der Waals surface area contributed by atoms with Crippen LogP contribution in [0.5, 0.6) is 0 Å². The van der Waals surface area contributed by atoms with Crippen molar-refractivity contribution in [2.24, 2.45) is 0 Å². The summed E-state index contributed by atoms with van der Waals surface area (Å²) in [5.41, 5.74) is 7.68. The van der Waals surface area contributed by atoms with E-state index in [1.165, 1.54) is 0 Å². The van der Waals surface area contributed by atoms with E-state index in [9.17, 15) is 5.11 Å². The number of rotatable bonds is 2. The summed E-state index contributed by atoms with van der Waals surface area (Å²) in [5.74, 6) is 1.41. The van der Waals surface area contributed by atoms with Gasteiger partial charge in [0.25, 0.3) is 0 Å². The van der Waals surface area contributed by atoms with Gasteiger partial charge in [0, 0.05) is 33.3 Å². The topological polar surface area (TPSA) is 59.1 Å². The summed E-state index contributed by atoms with van der Waals surface area (Å²) in [6.45, 7) is 6.43. The number of aromatic nitrogens is 1. The third kappa shape index (κ3) is 2.95. The number of aliphatic hydroxyl groups excluding tert-OH is 1. The normalized spacial score (nSPS) is 30.1. The number of anilines is 1. The molecule has 4 unspecified atom stereocenters. The van der Waals surface area contributed by atoms with Gasteiger partial charge in [-0.25, -0.2) is 4.98 Å². The first-order chi connectivity index (χ1) is 8.49. The maximum absolute atomic E-state index is 10.5. The Morgan fingerprint density at radius 2 is 2.17 bits per heavy atom. The second-order valence-corrected chi connectivity index (χ2v) is 7.88. The van der Waals surface area contributed by atoms with E-state index in [-0.39, 0.29) is 5.25 Å². The van der Waals surface area contributed by atoms with Crippen LogP contribution in [-0.2, 0) is 0 Å². The van der Waals surface area contributed by atoms with E-state index < -0.39 is 6.10 Å². The Bertz CT molecular complexity index is 427. The van der Waals surface area contributed by atoms with E-state index in [4.69, 9.17) is 5.73 Å². The van der Waals surface area contributed by atoms with Crippen molar-refractivity contribution in [2.75, 3.05) is 11.5 Å². The van der Waals surface area contributed by atoms with Crippen LogP contribution in [0.25, 0.3) is 0 Å². The molecule has 5 heteroatoms. The Hall–Kier alpha value is -0.390. The summed E-state index contributed by atoms with van der Waals surface area (Å²) in [4.78, 5) is 4.13. The van der Waals surface area contributed by atoms with Crippen molar-refractivity contribution < 1.29 is 5.11 Å². The number of nitrogens with two attached hydrogens (primary N) is 1. The standard InChI is InChI=1S/C13H20N2OS2/c1-7-4-10(13(14)15-5-7)12(16)11-6-17-8(2)9(3)18-11/h4-5,8-9,11-12,16H,6H2,1-3H3,(H2,14,15). The molecule has 0 radical (unpaired) electrons. The fraction of sp³-hybridized carbons (Fsp3) is 0.615. The maximum Gasteiger partial charge on any atom is 0.129 e. The molecule has 0 saturated carbocycles. The van der Waals surface area contributed by atoms with E-state index >= 15 is 0 Å². The van der Waals surface area contributed by atoms with Crippen LogP contribution in [0.4, 0.5) is 5.82 Å². The van der Waals surface area contributed by atoms with Gasteiger partial charge in [0.05, 0.1) is 6.10 Å². The van der Waals surface area contributed by atoms with Crippen molar-refractivity contribution in [3.63, 3.8) is 0 Å². The Morgan fingerprint density at radius 3 is 2.83 bits per heavy atom. The molecule has 100 valence electrons. The van der Waals surface area contributed by atoms with Crippen molar-refractivity contribution in [3.05, 3.63) is 23.4 Å². The highest BCUT2D eigenvalue weighted by atomic mass is 32.2. The average molecular weight is 284 g/mol. The molecular formula is C13H20N2OS2. The zero-order chi connectivity index (χ0) is 13.3. The molecule has 1 saturated heterocycles. The molecule has 0 bridgehead atoms. The third-order valence-electron chi connectivity index (χ3n) is 3.33. The van der Waals surface area contributed by atoms with Crippen LogP contribution >= 0.6 is 23.5 Å². The molecule has 3 nitrogen and oxygen atoms in total. The average Bonchev–Trinajstić information content (AvgIpc) is 2.35. The van der Waals surface area contributed by atoms with Gasteiger partial charge in [-0.2, -0.15) is 23.5 Å². The second kappa shape index (κ2) is 5.72. The monoisotopic (exact) mass is 284 g/mol. The van der Waals surface area contributed by atoms with Gasteiger partial charge in [-0.05, 0) is 18.6 Å². The molecule has 1 aromatic heterocycles. The number of pyridine rings is 1. The van der Waals surface area contributed by atoms with Gasteiger partial charge in [0.15, 0.2) is 0 Å². The minimum absolute atomic E-state index is 0.201. The number of hydrogen-bond acceptors (Lipinski definition) is 5. The summed E-state index contributed by atoms with van der Waals surface area (Å²) in [6, 6.07) is 1.95. The van der Waals surface area contributed by atoms with E-state index in [0.29, 0.717) is 16.3 Å². The van der Waals surface area contributed by atoms with Gasteiger partial charge < -0.3 is 10.8 Å². The van der Waals surface area contributed by atoms with Gasteiger partial charge >= 0.3 is 0 Å². The lowest BCUT2D eigenvalue weighted by Gasteiger charge is -2.34. The summed E-state index contributed by atoms with van der Waals surface area (Å²) in [5, 5.41) is 11.9. The molecular weight excluding hydrogens is 264 g/mol. The smallest absolute Gasteiger partial charge is 0.129 e. The highest BCUT2D eigenvalue weighted by Crippen LogP contribution is 2.41. The van der Waals surface area contributed by atoms with E-state index in [0.717, 1.165) is 16.9 Å². The van der Waals surface area contributed by atoms with Crippen molar-refractivity contribution in [1.29, 1.82) is 0 Å². The highest BCUT2D eigenvalue weighted by Gasteiger charge is 2.32. The van der Waals surface area contributed by atoms with Crippen LogP contribution < -0.4 is 5.73 Å². The van der Waals surface area contributed by atoms with Crippen molar-refractivity contribution >= 4 is 29.3 Å². The van der Waals surface area contributed by atoms with Crippen LogP contribution in [0.1, 0.15) is 31.1 Å². The lowest BCUT2D eigenvalue weighted by atomic mass is 10.1. The predicted molar refractivity (Wildman–Crippen MR) is 81.1 cm³/mol. The molecule has 2 heterocycles. The largest absolute Gasteiger partial charge is 0.387 e. The molecule has 3 N–H and O–H groups in total. The lowest BCUT2D eigenvalue weighted by Crippen LogP contribution is -2.30.